The minimum absolute atomic E-state index is 0.101. The van der Waals surface area contributed by atoms with E-state index in [9.17, 15) is 23.3 Å². The molecule has 0 radical (unpaired) electrons. The quantitative estimate of drug-likeness (QED) is 0.589. The van der Waals surface area contributed by atoms with Crippen LogP contribution in [0.25, 0.3) is 0 Å². The number of aromatic nitrogens is 1. The van der Waals surface area contributed by atoms with E-state index in [0.717, 1.165) is 18.2 Å². The van der Waals surface area contributed by atoms with Crippen LogP contribution in [0.2, 0.25) is 5.02 Å². The van der Waals surface area contributed by atoms with Gasteiger partial charge >= 0.3 is 12.0 Å². The summed E-state index contributed by atoms with van der Waals surface area (Å²) in [4.78, 5) is 13.7. The molecule has 0 aliphatic heterocycles. The van der Waals surface area contributed by atoms with E-state index in [0.29, 0.717) is 0 Å². The van der Waals surface area contributed by atoms with Crippen molar-refractivity contribution in [1.29, 1.82) is 0 Å². The zero-order chi connectivity index (χ0) is 17.2. The van der Waals surface area contributed by atoms with Gasteiger partial charge in [-0.25, -0.2) is 0 Å². The fourth-order valence-electron chi connectivity index (χ4n) is 1.99. The lowest BCUT2D eigenvalue weighted by atomic mass is 10.0. The zero-order valence-electron chi connectivity index (χ0n) is 11.7. The van der Waals surface area contributed by atoms with Gasteiger partial charge in [-0.05, 0) is 47.2 Å². The van der Waals surface area contributed by atoms with Crippen molar-refractivity contribution in [3.05, 3.63) is 62.8 Å². The zero-order valence-corrected chi connectivity index (χ0v) is 12.4. The van der Waals surface area contributed by atoms with Crippen molar-refractivity contribution in [2.45, 2.75) is 19.2 Å². The topological polar surface area (TPSA) is 65.3 Å². The normalized spacial score (nSPS) is 12.7. The van der Waals surface area contributed by atoms with E-state index >= 15 is 0 Å². The highest BCUT2D eigenvalue weighted by atomic mass is 35.5. The van der Waals surface area contributed by atoms with Crippen molar-refractivity contribution in [2.75, 3.05) is 0 Å². The molecular formula is C14H10ClF3N2O3. The van der Waals surface area contributed by atoms with Crippen molar-refractivity contribution in [3.63, 3.8) is 0 Å². The Morgan fingerprint density at radius 3 is 2.65 bits per heavy atom. The number of hydrogen-bond acceptors (Lipinski definition) is 4. The molecule has 0 aliphatic carbocycles. The van der Waals surface area contributed by atoms with Crippen LogP contribution in [0, 0.1) is 10.1 Å². The molecule has 2 rings (SSSR count). The summed E-state index contributed by atoms with van der Waals surface area (Å²) in [6.07, 6.45) is -4.53. The number of rotatable bonds is 4. The SMILES string of the molecule is C[C@@H](Oc1cccnc1[N+](=O)[O-])c1cc(Cl)ccc1C(F)(F)F. The number of hydrogen-bond donors (Lipinski definition) is 0. The average molecular weight is 347 g/mol. The molecule has 0 saturated heterocycles. The molecule has 0 fully saturated rings. The predicted molar refractivity (Wildman–Crippen MR) is 76.4 cm³/mol. The number of benzene rings is 1. The Bertz CT molecular complexity index is 737. The molecule has 0 spiro atoms. The Morgan fingerprint density at radius 2 is 2.04 bits per heavy atom. The molecule has 1 aromatic carbocycles. The molecule has 0 bridgehead atoms. The Labute approximate surface area is 133 Å². The maximum atomic E-state index is 13.1. The minimum atomic E-state index is -4.60. The molecule has 2 aromatic rings. The number of nitrogens with zero attached hydrogens (tertiary/aromatic N) is 2. The fourth-order valence-corrected chi connectivity index (χ4v) is 2.17. The van der Waals surface area contributed by atoms with Gasteiger partial charge in [0.2, 0.25) is 5.75 Å². The molecule has 5 nitrogen and oxygen atoms in total. The third kappa shape index (κ3) is 3.89. The standard InChI is InChI=1S/C14H10ClF3N2O3/c1-8(23-12-3-2-6-19-13(12)20(21)22)10-7-9(15)4-5-11(10)14(16,17)18/h2-8H,1H3/t8-/m1/s1. The lowest BCUT2D eigenvalue weighted by molar-refractivity contribution is -0.390. The Kier molecular flexibility index (Phi) is 4.74. The summed E-state index contributed by atoms with van der Waals surface area (Å²) in [6.45, 7) is 1.34. The summed E-state index contributed by atoms with van der Waals surface area (Å²) in [5, 5.41) is 11.0. The van der Waals surface area contributed by atoms with Crippen LogP contribution in [0.4, 0.5) is 19.0 Å². The molecule has 0 aliphatic rings. The maximum absolute atomic E-state index is 13.1. The van der Waals surface area contributed by atoms with Crippen LogP contribution in [0.3, 0.4) is 0 Å². The van der Waals surface area contributed by atoms with Crippen molar-refractivity contribution < 1.29 is 22.8 Å². The Balaban J connectivity index is 2.41. The number of ether oxygens (including phenoxy) is 1. The van der Waals surface area contributed by atoms with E-state index in [4.69, 9.17) is 16.3 Å². The molecule has 0 N–H and O–H groups in total. The third-order valence-corrected chi connectivity index (χ3v) is 3.22. The fraction of sp³-hybridized carbons (Fsp3) is 0.214. The minimum Gasteiger partial charge on any atom is -0.478 e. The van der Waals surface area contributed by atoms with E-state index in [-0.39, 0.29) is 16.3 Å². The summed E-state index contributed by atoms with van der Waals surface area (Å²) in [5.74, 6) is -0.798. The van der Waals surface area contributed by atoms with Crippen molar-refractivity contribution >= 4 is 17.4 Å². The lowest BCUT2D eigenvalue weighted by Gasteiger charge is -2.19. The predicted octanol–water partition coefficient (Wildman–Crippen LogP) is 4.80. The van der Waals surface area contributed by atoms with Crippen LogP contribution in [0.1, 0.15) is 24.2 Å². The van der Waals surface area contributed by atoms with Crippen molar-refractivity contribution in [1.82, 2.24) is 4.98 Å². The second-order valence-corrected chi connectivity index (χ2v) is 5.01. The van der Waals surface area contributed by atoms with Crippen molar-refractivity contribution in [2.24, 2.45) is 0 Å². The van der Waals surface area contributed by atoms with E-state index in [1.807, 2.05) is 0 Å². The first-order valence-corrected chi connectivity index (χ1v) is 6.70. The smallest absolute Gasteiger partial charge is 0.416 e. The van der Waals surface area contributed by atoms with E-state index in [1.165, 1.54) is 25.3 Å². The summed E-state index contributed by atoms with van der Waals surface area (Å²) >= 11 is 5.75. The summed E-state index contributed by atoms with van der Waals surface area (Å²) in [7, 11) is 0. The van der Waals surface area contributed by atoms with Crippen LogP contribution in [-0.2, 0) is 6.18 Å². The monoisotopic (exact) mass is 346 g/mol. The summed E-state index contributed by atoms with van der Waals surface area (Å²) in [5.41, 5.74) is -1.14. The van der Waals surface area contributed by atoms with Gasteiger partial charge in [-0.3, -0.25) is 0 Å². The second-order valence-electron chi connectivity index (χ2n) is 4.57. The Hall–Kier alpha value is -2.35. The van der Waals surface area contributed by atoms with Gasteiger partial charge in [0.15, 0.2) is 0 Å². The van der Waals surface area contributed by atoms with Gasteiger partial charge in [-0.2, -0.15) is 13.2 Å². The summed E-state index contributed by atoms with van der Waals surface area (Å²) in [6, 6.07) is 5.73. The van der Waals surface area contributed by atoms with Gasteiger partial charge in [-0.1, -0.05) is 11.6 Å². The number of halogens is 4. The summed E-state index contributed by atoms with van der Waals surface area (Å²) < 4.78 is 44.5. The van der Waals surface area contributed by atoms with Gasteiger partial charge in [0.25, 0.3) is 0 Å². The van der Waals surface area contributed by atoms with Gasteiger partial charge < -0.3 is 14.9 Å². The van der Waals surface area contributed by atoms with Crippen LogP contribution in [0.5, 0.6) is 5.75 Å². The first kappa shape index (κ1) is 17.0. The lowest BCUT2D eigenvalue weighted by Crippen LogP contribution is -2.14. The van der Waals surface area contributed by atoms with E-state index in [2.05, 4.69) is 4.98 Å². The van der Waals surface area contributed by atoms with Crippen LogP contribution in [0.15, 0.2) is 36.5 Å². The second kappa shape index (κ2) is 6.41. The third-order valence-electron chi connectivity index (χ3n) is 2.98. The molecule has 23 heavy (non-hydrogen) atoms. The number of pyridine rings is 1. The van der Waals surface area contributed by atoms with Crippen LogP contribution >= 0.6 is 11.6 Å². The average Bonchev–Trinajstić information content (AvgIpc) is 2.46. The molecule has 0 unspecified atom stereocenters. The number of nitro groups is 1. The number of alkyl halides is 3. The molecule has 1 heterocycles. The van der Waals surface area contributed by atoms with Crippen LogP contribution in [-0.4, -0.2) is 9.91 Å². The van der Waals surface area contributed by atoms with Gasteiger partial charge in [0, 0.05) is 10.6 Å². The van der Waals surface area contributed by atoms with Gasteiger partial charge in [0.05, 0.1) is 5.56 Å². The first-order valence-electron chi connectivity index (χ1n) is 6.33. The van der Waals surface area contributed by atoms with Crippen molar-refractivity contribution in [3.8, 4) is 5.75 Å². The van der Waals surface area contributed by atoms with Crippen LogP contribution < -0.4 is 4.74 Å². The first-order chi connectivity index (χ1) is 10.7. The highest BCUT2D eigenvalue weighted by Gasteiger charge is 2.35. The molecule has 1 atom stereocenters. The molecular weight excluding hydrogens is 337 g/mol. The molecule has 1 aromatic heterocycles. The molecule has 122 valence electrons. The highest BCUT2D eigenvalue weighted by molar-refractivity contribution is 6.30. The maximum Gasteiger partial charge on any atom is 0.416 e. The largest absolute Gasteiger partial charge is 0.478 e. The van der Waals surface area contributed by atoms with Gasteiger partial charge in [-0.15, -0.1) is 0 Å². The van der Waals surface area contributed by atoms with Gasteiger partial charge in [0.1, 0.15) is 12.3 Å². The highest BCUT2D eigenvalue weighted by Crippen LogP contribution is 2.38. The van der Waals surface area contributed by atoms with E-state index < -0.39 is 28.6 Å². The van der Waals surface area contributed by atoms with E-state index in [1.54, 1.807) is 0 Å². The molecule has 9 heteroatoms. The Morgan fingerprint density at radius 1 is 1.35 bits per heavy atom. The molecule has 0 amide bonds. The molecule has 0 saturated carbocycles.